The number of carbonyl (C=O) groups excluding carboxylic acids is 10. The average molecular weight is 1240 g/mol. The SMILES string of the molecule is C.C.C.C#CC(=O)C(C)(C)C.C#CC(=O)NC(C)(C)C.CC(=O)/C=C/C(=O)C(C)(C)C.CC(C)(C)C(=O)/C=C/CN.CC(C)(C)NC(=O)C#CCO.CCC/C=C/C(=O)C(C)(C)C.CCOC(=O)/C=C/C(=O)C(C)(C)C.CN(C)C/C=C/C(=O)C(C)(C)C. The normalized spacial score (nSPS) is 11.1. The van der Waals surface area contributed by atoms with Gasteiger partial charge in [0.15, 0.2) is 34.7 Å². The fourth-order valence-corrected chi connectivity index (χ4v) is 3.76. The standard InChI is InChI=1S/C10H19NO.C10H16O3.C10H18O.C9H14O2.C8H13NO2.C8H15NO.C7H11NO.C7H10O.3CH4/c1-10(2,3)9(12)7-6-8-11(4)5;1-5-13-9(12)7-6-8(11)10(2,3)4;1-5-6-7-8-9(11)10(2,3)4;1-7(10)5-6-8(11)9(2,3)4;1-8(2,3)9-7(11)5-4-6-10;1-8(2,3)7(10)5-4-6-9;1-5-6(9)8-7(2,3)4;1-5-6(8)7(2,3)4;;;/h6-7H,8H2,1-5H3;6-7H,5H2,1-4H3;7-8H,5-6H2,1-4H3;5-6H,1-4H3;10H,6H2,1-3H3,(H,9,11);4-5H,6,9H2,1-3H3;1H,2-4H3,(H,8,9);1H,2-4H3;3*1H4/b2*7-6+;8-7+;6-5+;;5-4+;;;;;. The number of rotatable bonds is 13. The first kappa shape index (κ1) is 106. The zero-order valence-electron chi connectivity index (χ0n) is 58.1. The smallest absolute Gasteiger partial charge is 0.330 e. The minimum Gasteiger partial charge on any atom is -0.463 e. The maximum absolute atomic E-state index is 11.3. The van der Waals surface area contributed by atoms with E-state index < -0.39 is 11.4 Å². The summed E-state index contributed by atoms with van der Waals surface area (Å²) in [5.74, 6) is 7.54. The molecule has 0 unspecified atom stereocenters. The molecule has 5 N–H and O–H groups in total. The van der Waals surface area contributed by atoms with Crippen LogP contribution in [0.1, 0.15) is 222 Å². The van der Waals surface area contributed by atoms with E-state index in [-0.39, 0.29) is 119 Å². The van der Waals surface area contributed by atoms with E-state index in [0.29, 0.717) is 13.2 Å². The second kappa shape index (κ2) is 53.4. The molecular weight excluding hydrogens is 1110 g/mol. The minimum absolute atomic E-state index is 0. The number of carbonyl (C=O) groups is 10. The molecule has 0 aliphatic heterocycles. The Bertz CT molecular complexity index is 2350. The molecule has 0 aromatic heterocycles. The van der Waals surface area contributed by atoms with Gasteiger partial charge in [0.2, 0.25) is 5.78 Å². The lowest BCUT2D eigenvalue weighted by Gasteiger charge is -2.17. The number of ketones is 7. The van der Waals surface area contributed by atoms with E-state index >= 15 is 0 Å². The predicted molar refractivity (Wildman–Crippen MR) is 371 cm³/mol. The number of nitrogens with two attached hydrogens (primary N) is 1. The van der Waals surface area contributed by atoms with E-state index in [1.54, 1.807) is 72.8 Å². The molecule has 0 saturated carbocycles. The molecule has 508 valence electrons. The van der Waals surface area contributed by atoms with Crippen LogP contribution in [0.4, 0.5) is 0 Å². The lowest BCUT2D eigenvalue weighted by atomic mass is 9.90. The van der Waals surface area contributed by atoms with E-state index in [1.165, 1.54) is 25.2 Å². The highest BCUT2D eigenvalue weighted by molar-refractivity contribution is 6.01. The van der Waals surface area contributed by atoms with Crippen molar-refractivity contribution in [2.24, 2.45) is 38.2 Å². The molecule has 0 atom stereocenters. The Hall–Kier alpha value is -6.64. The van der Waals surface area contributed by atoms with Crippen LogP contribution in [0.5, 0.6) is 0 Å². The molecule has 88 heavy (non-hydrogen) atoms. The summed E-state index contributed by atoms with van der Waals surface area (Å²) < 4.78 is 4.63. The van der Waals surface area contributed by atoms with Crippen molar-refractivity contribution in [3.05, 3.63) is 60.8 Å². The lowest BCUT2D eigenvalue weighted by molar-refractivity contribution is -0.137. The van der Waals surface area contributed by atoms with Crippen LogP contribution < -0.4 is 16.4 Å². The molecule has 0 bridgehead atoms. The van der Waals surface area contributed by atoms with Crippen LogP contribution in [-0.4, -0.2) is 120 Å². The first-order valence-electron chi connectivity index (χ1n) is 28.2. The van der Waals surface area contributed by atoms with Crippen molar-refractivity contribution in [2.75, 3.05) is 40.4 Å². The van der Waals surface area contributed by atoms with Crippen LogP contribution >= 0.6 is 0 Å². The molecule has 0 rings (SSSR count). The van der Waals surface area contributed by atoms with Gasteiger partial charge < -0.3 is 31.1 Å². The third kappa shape index (κ3) is 85.8. The Kier molecular flexibility index (Phi) is 64.4. The first-order valence-corrected chi connectivity index (χ1v) is 28.2. The number of amides is 2. The van der Waals surface area contributed by atoms with Crippen molar-refractivity contribution in [1.29, 1.82) is 0 Å². The van der Waals surface area contributed by atoms with Gasteiger partial charge in [-0.2, -0.15) is 0 Å². The summed E-state index contributed by atoms with van der Waals surface area (Å²) in [5.41, 5.74) is 2.77. The van der Waals surface area contributed by atoms with Crippen LogP contribution in [0, 0.1) is 69.0 Å². The lowest BCUT2D eigenvalue weighted by Crippen LogP contribution is -2.39. The molecule has 2 amide bonds. The van der Waals surface area contributed by atoms with E-state index in [2.05, 4.69) is 40.1 Å². The van der Waals surface area contributed by atoms with Gasteiger partial charge >= 0.3 is 5.97 Å². The number of allylic oxidation sites excluding steroid dienone is 7. The number of hydrogen-bond donors (Lipinski definition) is 4. The third-order valence-corrected chi connectivity index (χ3v) is 8.89. The van der Waals surface area contributed by atoms with Gasteiger partial charge in [0.05, 0.1) is 6.61 Å². The predicted octanol–water partition coefficient (Wildman–Crippen LogP) is 12.8. The van der Waals surface area contributed by atoms with Crippen LogP contribution in [0.25, 0.3) is 0 Å². The van der Waals surface area contributed by atoms with E-state index in [4.69, 9.17) is 23.7 Å². The minimum atomic E-state index is -0.472. The summed E-state index contributed by atoms with van der Waals surface area (Å²) in [6, 6.07) is 0. The molecule has 0 aromatic carbocycles. The van der Waals surface area contributed by atoms with Crippen molar-refractivity contribution < 1.29 is 57.8 Å². The Balaban J connectivity index is -0.0000000854. The molecule has 16 nitrogen and oxygen atoms in total. The van der Waals surface area contributed by atoms with Gasteiger partial charge in [0.1, 0.15) is 6.61 Å². The fraction of sp³-hybridized carbons (Fsp3) is 0.639. The quantitative estimate of drug-likeness (QED) is 0.0579. The van der Waals surface area contributed by atoms with Gasteiger partial charge in [-0.25, -0.2) is 4.79 Å². The molecule has 0 aromatic rings. The summed E-state index contributed by atoms with van der Waals surface area (Å²) in [4.78, 5) is 111. The zero-order chi connectivity index (χ0) is 69.6. The average Bonchev–Trinajstić information content (AvgIpc) is 3.31. The van der Waals surface area contributed by atoms with Gasteiger partial charge in [-0.05, 0) is 130 Å². The van der Waals surface area contributed by atoms with Crippen molar-refractivity contribution >= 4 is 58.3 Å². The van der Waals surface area contributed by atoms with Gasteiger partial charge in [0, 0.05) is 62.7 Å². The molecule has 0 spiro atoms. The number of nitrogens with one attached hydrogen (secondary N) is 2. The Labute approximate surface area is 538 Å². The van der Waals surface area contributed by atoms with Crippen molar-refractivity contribution in [2.45, 2.75) is 233 Å². The number of hydrogen-bond acceptors (Lipinski definition) is 14. The molecular formula is C72H128N4O12. The van der Waals surface area contributed by atoms with Crippen LogP contribution in [0.15, 0.2) is 60.8 Å². The summed E-state index contributed by atoms with van der Waals surface area (Å²) in [5, 5.41) is 13.5. The van der Waals surface area contributed by atoms with Gasteiger partial charge in [0.25, 0.3) is 11.8 Å². The molecule has 0 heterocycles. The summed E-state index contributed by atoms with van der Waals surface area (Å²) in [6.07, 6.45) is 27.3. The van der Waals surface area contributed by atoms with Crippen LogP contribution in [0.3, 0.4) is 0 Å². The Morgan fingerprint density at radius 1 is 0.489 bits per heavy atom. The maximum atomic E-state index is 11.3. The summed E-state index contributed by atoms with van der Waals surface area (Å²) >= 11 is 0. The molecule has 0 aliphatic rings. The maximum Gasteiger partial charge on any atom is 0.330 e. The highest BCUT2D eigenvalue weighted by atomic mass is 16.5. The van der Waals surface area contributed by atoms with Crippen LogP contribution in [0.2, 0.25) is 0 Å². The number of nitrogens with zero attached hydrogens (tertiary/aromatic N) is 1. The molecule has 0 saturated heterocycles. The van der Waals surface area contributed by atoms with Crippen molar-refractivity contribution in [1.82, 2.24) is 15.5 Å². The first-order chi connectivity index (χ1) is 37.9. The zero-order valence-corrected chi connectivity index (χ0v) is 58.1. The fourth-order valence-electron chi connectivity index (χ4n) is 3.76. The van der Waals surface area contributed by atoms with E-state index in [0.717, 1.165) is 25.5 Å². The Morgan fingerprint density at radius 2 is 0.818 bits per heavy atom. The molecule has 0 radical (unpaired) electrons. The van der Waals surface area contributed by atoms with Crippen molar-refractivity contribution in [3.8, 4) is 36.5 Å². The van der Waals surface area contributed by atoms with Gasteiger partial charge in [-0.1, -0.05) is 184 Å². The Morgan fingerprint density at radius 3 is 1.06 bits per heavy atom. The summed E-state index contributed by atoms with van der Waals surface area (Å²) in [6.45, 7) is 51.3. The number of terminal acetylenes is 2. The number of Topliss-reactive ketones (excluding diaryl/α,β-unsaturated/α-hetero) is 1. The number of ether oxygens (including phenoxy) is 1. The highest BCUT2D eigenvalue weighted by Crippen LogP contribution is 2.18. The van der Waals surface area contributed by atoms with Crippen molar-refractivity contribution in [3.63, 3.8) is 0 Å². The highest BCUT2D eigenvalue weighted by Gasteiger charge is 2.21. The molecule has 0 fully saturated rings. The monoisotopic (exact) mass is 1240 g/mol. The van der Waals surface area contributed by atoms with E-state index in [9.17, 15) is 47.9 Å². The molecule has 0 aliphatic carbocycles. The van der Waals surface area contributed by atoms with Gasteiger partial charge in [-0.15, -0.1) is 12.8 Å². The second-order valence-corrected chi connectivity index (χ2v) is 27.3. The number of aliphatic hydroxyl groups excluding tert-OH is 1. The third-order valence-electron chi connectivity index (χ3n) is 8.89. The van der Waals surface area contributed by atoms with Gasteiger partial charge in [-0.3, -0.25) is 43.2 Å². The summed E-state index contributed by atoms with van der Waals surface area (Å²) in [7, 11) is 3.96. The number of esters is 1. The second-order valence-electron chi connectivity index (χ2n) is 27.3. The molecule has 16 heteroatoms. The van der Waals surface area contributed by atoms with E-state index in [1.807, 2.05) is 162 Å². The number of aliphatic hydroxyl groups is 1. The number of likely N-dealkylation sites (N-methyl/N-ethyl adjacent to an activating group) is 1. The topological polar surface area (TPSA) is 253 Å². The number of unbranched alkanes of at least 4 members (excludes halogenated alkanes) is 1. The largest absolute Gasteiger partial charge is 0.463 e. The van der Waals surface area contributed by atoms with Crippen LogP contribution in [-0.2, 0) is 52.7 Å².